The third kappa shape index (κ3) is 4.69. The summed E-state index contributed by atoms with van der Waals surface area (Å²) in [7, 11) is 1.71. The average Bonchev–Trinajstić information content (AvgIpc) is 2.92. The lowest BCUT2D eigenvalue weighted by molar-refractivity contribution is 0.171. The first-order valence-electron chi connectivity index (χ1n) is 12.7. The Bertz CT molecular complexity index is 1190. The number of benzene rings is 2. The number of nitrogens with zero attached hydrogens (tertiary/aromatic N) is 3. The molecule has 3 aromatic rings. The van der Waals surface area contributed by atoms with Gasteiger partial charge in [-0.3, -0.25) is 4.98 Å². The van der Waals surface area contributed by atoms with Gasteiger partial charge < -0.3 is 28.7 Å². The third-order valence-corrected chi connectivity index (χ3v) is 7.46. The molecule has 3 aliphatic heterocycles. The van der Waals surface area contributed by atoms with E-state index in [1.807, 2.05) is 24.4 Å². The van der Waals surface area contributed by atoms with Crippen molar-refractivity contribution in [1.82, 2.24) is 9.88 Å². The minimum atomic E-state index is 0.636. The molecule has 4 heterocycles. The fraction of sp³-hybridized carbons (Fsp3) is 0.464. The molecule has 0 aliphatic carbocycles. The molecule has 1 aromatic heterocycles. The lowest BCUT2D eigenvalue weighted by atomic mass is 9.95. The van der Waals surface area contributed by atoms with E-state index in [4.69, 9.17) is 18.9 Å². The summed E-state index contributed by atoms with van der Waals surface area (Å²) in [6.07, 6.45) is 5.36. The molecule has 2 aromatic carbocycles. The summed E-state index contributed by atoms with van der Waals surface area (Å²) in [6, 6.07) is 12.4. The van der Waals surface area contributed by atoms with E-state index in [0.717, 1.165) is 73.0 Å². The molecular weight excluding hydrogens is 442 g/mol. The molecule has 0 bridgehead atoms. The Morgan fingerprint density at radius 1 is 0.914 bits per heavy atom. The Kier molecular flexibility index (Phi) is 6.25. The third-order valence-electron chi connectivity index (χ3n) is 7.46. The van der Waals surface area contributed by atoms with Gasteiger partial charge in [-0.25, -0.2) is 0 Å². The maximum atomic E-state index is 5.98. The van der Waals surface area contributed by atoms with E-state index < -0.39 is 0 Å². The van der Waals surface area contributed by atoms with Crippen LogP contribution >= 0.6 is 0 Å². The summed E-state index contributed by atoms with van der Waals surface area (Å²) >= 11 is 0. The van der Waals surface area contributed by atoms with E-state index in [1.54, 1.807) is 7.11 Å². The van der Waals surface area contributed by atoms with Crippen LogP contribution in [0.2, 0.25) is 0 Å². The molecule has 0 unspecified atom stereocenters. The molecule has 0 radical (unpaired) electrons. The number of ether oxygens (including phenoxy) is 4. The molecule has 0 saturated carbocycles. The summed E-state index contributed by atoms with van der Waals surface area (Å²) in [5.74, 6) is 4.17. The Morgan fingerprint density at radius 3 is 2.60 bits per heavy atom. The minimum Gasteiger partial charge on any atom is -0.497 e. The topological polar surface area (TPSA) is 56.3 Å². The standard InChI is InChI=1S/C28H33N3O4/c1-32-22-3-4-24-23(17-22)28-27(18-29-24)33-13-12-31(28)19-21-7-10-30(11-8-21)9-6-20-2-5-25-26(16-20)35-15-14-34-25/h2-5,16-18,21H,6-15,19H2,1H3. The second kappa shape index (κ2) is 9.82. The quantitative estimate of drug-likeness (QED) is 0.530. The number of likely N-dealkylation sites (tertiary alicyclic amines) is 1. The van der Waals surface area contributed by atoms with Crippen LogP contribution in [0.5, 0.6) is 23.0 Å². The van der Waals surface area contributed by atoms with Gasteiger partial charge in [0.25, 0.3) is 0 Å². The number of pyridine rings is 1. The van der Waals surface area contributed by atoms with Crippen molar-refractivity contribution < 1.29 is 18.9 Å². The first kappa shape index (κ1) is 22.3. The Labute approximate surface area is 206 Å². The predicted molar refractivity (Wildman–Crippen MR) is 136 cm³/mol. The first-order chi connectivity index (χ1) is 17.3. The van der Waals surface area contributed by atoms with Crippen molar-refractivity contribution in [1.29, 1.82) is 0 Å². The van der Waals surface area contributed by atoms with Crippen LogP contribution in [0.3, 0.4) is 0 Å². The summed E-state index contributed by atoms with van der Waals surface area (Å²) < 4.78 is 22.9. The molecule has 0 spiro atoms. The smallest absolute Gasteiger partial charge is 0.161 e. The van der Waals surface area contributed by atoms with Gasteiger partial charge in [-0.05, 0) is 74.2 Å². The lowest BCUT2D eigenvalue weighted by Crippen LogP contribution is -2.42. The fourth-order valence-electron chi connectivity index (χ4n) is 5.49. The lowest BCUT2D eigenvalue weighted by Gasteiger charge is -2.38. The Hall–Kier alpha value is -3.19. The van der Waals surface area contributed by atoms with E-state index in [9.17, 15) is 0 Å². The summed E-state index contributed by atoms with van der Waals surface area (Å²) in [6.45, 7) is 7.34. The molecule has 0 atom stereocenters. The van der Waals surface area contributed by atoms with Gasteiger partial charge in [-0.15, -0.1) is 0 Å². The second-order valence-corrected chi connectivity index (χ2v) is 9.66. The maximum absolute atomic E-state index is 5.98. The van der Waals surface area contributed by atoms with Gasteiger partial charge in [0.2, 0.25) is 0 Å². The van der Waals surface area contributed by atoms with E-state index >= 15 is 0 Å². The molecule has 7 heteroatoms. The van der Waals surface area contributed by atoms with Gasteiger partial charge in [-0.1, -0.05) is 6.07 Å². The molecule has 35 heavy (non-hydrogen) atoms. The van der Waals surface area contributed by atoms with Gasteiger partial charge in [-0.2, -0.15) is 0 Å². The minimum absolute atomic E-state index is 0.636. The number of rotatable bonds is 6. The molecule has 0 amide bonds. The van der Waals surface area contributed by atoms with Crippen molar-refractivity contribution in [3.05, 3.63) is 48.2 Å². The van der Waals surface area contributed by atoms with Crippen molar-refractivity contribution in [2.75, 3.05) is 64.6 Å². The normalized spacial score (nSPS) is 18.3. The molecule has 1 fully saturated rings. The Morgan fingerprint density at radius 2 is 1.74 bits per heavy atom. The van der Waals surface area contributed by atoms with Crippen LogP contribution in [0.15, 0.2) is 42.6 Å². The van der Waals surface area contributed by atoms with Gasteiger partial charge >= 0.3 is 0 Å². The largest absolute Gasteiger partial charge is 0.497 e. The fourth-order valence-corrected chi connectivity index (χ4v) is 5.49. The predicted octanol–water partition coefficient (Wildman–Crippen LogP) is 4.17. The molecule has 1 saturated heterocycles. The number of hydrogen-bond acceptors (Lipinski definition) is 7. The van der Waals surface area contributed by atoms with Crippen LogP contribution < -0.4 is 23.8 Å². The molecule has 3 aliphatic rings. The van der Waals surface area contributed by atoms with Crippen molar-refractivity contribution >= 4 is 16.6 Å². The molecule has 6 rings (SSSR count). The van der Waals surface area contributed by atoms with Crippen LogP contribution in [-0.2, 0) is 6.42 Å². The van der Waals surface area contributed by atoms with Gasteiger partial charge in [0, 0.05) is 18.5 Å². The highest BCUT2D eigenvalue weighted by atomic mass is 16.6. The number of hydrogen-bond donors (Lipinski definition) is 0. The number of methoxy groups -OCH3 is 1. The zero-order valence-corrected chi connectivity index (χ0v) is 20.4. The van der Waals surface area contributed by atoms with E-state index in [-0.39, 0.29) is 0 Å². The monoisotopic (exact) mass is 475 g/mol. The van der Waals surface area contributed by atoms with E-state index in [2.05, 4.69) is 33.0 Å². The maximum Gasteiger partial charge on any atom is 0.161 e. The highest BCUT2D eigenvalue weighted by molar-refractivity contribution is 5.96. The van der Waals surface area contributed by atoms with E-state index in [1.165, 1.54) is 24.1 Å². The summed E-state index contributed by atoms with van der Waals surface area (Å²) in [5, 5.41) is 1.11. The van der Waals surface area contributed by atoms with Crippen LogP contribution in [0.4, 0.5) is 5.69 Å². The van der Waals surface area contributed by atoms with Crippen LogP contribution in [0, 0.1) is 5.92 Å². The van der Waals surface area contributed by atoms with Crippen LogP contribution in [-0.4, -0.2) is 69.5 Å². The van der Waals surface area contributed by atoms with Gasteiger partial charge in [0.05, 0.1) is 31.1 Å². The summed E-state index contributed by atoms with van der Waals surface area (Å²) in [5.41, 5.74) is 3.47. The Balaban J connectivity index is 1.07. The number of anilines is 1. The highest BCUT2D eigenvalue weighted by Gasteiger charge is 2.27. The van der Waals surface area contributed by atoms with Crippen molar-refractivity contribution in [3.63, 3.8) is 0 Å². The first-order valence-corrected chi connectivity index (χ1v) is 12.7. The van der Waals surface area contributed by atoms with Gasteiger partial charge in [0.1, 0.15) is 25.6 Å². The molecule has 0 N–H and O–H groups in total. The zero-order valence-electron chi connectivity index (χ0n) is 20.4. The van der Waals surface area contributed by atoms with Gasteiger partial charge in [0.15, 0.2) is 17.2 Å². The number of aromatic nitrogens is 1. The molecular formula is C28H33N3O4. The van der Waals surface area contributed by atoms with Crippen molar-refractivity contribution in [2.45, 2.75) is 19.3 Å². The highest BCUT2D eigenvalue weighted by Crippen LogP contribution is 2.39. The number of piperidine rings is 1. The molecule has 184 valence electrons. The zero-order chi connectivity index (χ0) is 23.6. The summed E-state index contributed by atoms with van der Waals surface area (Å²) in [4.78, 5) is 9.72. The molecule has 7 nitrogen and oxygen atoms in total. The van der Waals surface area contributed by atoms with E-state index in [0.29, 0.717) is 25.7 Å². The van der Waals surface area contributed by atoms with Crippen LogP contribution in [0.1, 0.15) is 18.4 Å². The SMILES string of the molecule is COc1ccc2ncc3c(c2c1)N(CC1CCN(CCc2ccc4c(c2)OCCO4)CC1)CCO3. The van der Waals surface area contributed by atoms with Crippen LogP contribution in [0.25, 0.3) is 10.9 Å². The van der Waals surface area contributed by atoms with Crippen molar-refractivity contribution in [3.8, 4) is 23.0 Å². The number of fused-ring (bicyclic) bond motifs is 4. The second-order valence-electron chi connectivity index (χ2n) is 9.66. The average molecular weight is 476 g/mol. The van der Waals surface area contributed by atoms with Crippen molar-refractivity contribution in [2.24, 2.45) is 5.92 Å².